The monoisotopic (exact) mass is 297 g/mol. The van der Waals surface area contributed by atoms with Crippen LogP contribution in [0.2, 0.25) is 0 Å². The van der Waals surface area contributed by atoms with Gasteiger partial charge in [0.25, 0.3) is 5.91 Å². The molecular weight excluding hydrogens is 278 g/mol. The third-order valence-electron chi connectivity index (χ3n) is 3.83. The Bertz CT molecular complexity index is 686. The number of aryl methyl sites for hydroxylation is 2. The van der Waals surface area contributed by atoms with Crippen LogP contribution in [0.15, 0.2) is 24.7 Å². The van der Waals surface area contributed by atoms with Gasteiger partial charge >= 0.3 is 0 Å². The number of nitrogens with two attached hydrogens (primary N) is 1. The molecule has 114 valence electrons. The number of carbonyl (C=O) groups excluding carboxylic acids is 1. The summed E-state index contributed by atoms with van der Waals surface area (Å²) in [5, 5.41) is 3.29. The summed E-state index contributed by atoms with van der Waals surface area (Å²) in [6.45, 7) is 2.02. The number of nitrogens with one attached hydrogen (secondary N) is 1. The average molecular weight is 297 g/mol. The van der Waals surface area contributed by atoms with Gasteiger partial charge < -0.3 is 11.1 Å². The van der Waals surface area contributed by atoms with Gasteiger partial charge in [-0.25, -0.2) is 4.98 Å². The SMILES string of the molecule is CC(Cc1cnccn1)Nc1nc2c(cc1C(N)=O)CCC2. The van der Waals surface area contributed by atoms with Crippen LogP contribution in [0.3, 0.4) is 0 Å². The number of nitrogens with zero attached hydrogens (tertiary/aromatic N) is 3. The zero-order chi connectivity index (χ0) is 15.5. The lowest BCUT2D eigenvalue weighted by Crippen LogP contribution is -2.23. The Balaban J connectivity index is 1.80. The molecule has 2 aromatic heterocycles. The molecule has 1 aliphatic rings. The zero-order valence-electron chi connectivity index (χ0n) is 12.5. The molecular formula is C16H19N5O. The number of pyridine rings is 1. The maximum Gasteiger partial charge on any atom is 0.252 e. The van der Waals surface area contributed by atoms with Gasteiger partial charge in [-0.2, -0.15) is 0 Å². The number of primary amides is 1. The van der Waals surface area contributed by atoms with E-state index in [1.165, 1.54) is 0 Å². The highest BCUT2D eigenvalue weighted by atomic mass is 16.1. The lowest BCUT2D eigenvalue weighted by atomic mass is 10.1. The van der Waals surface area contributed by atoms with E-state index in [0.717, 1.165) is 36.2 Å². The standard InChI is InChI=1S/C16H19N5O/c1-10(7-12-9-18-5-6-19-12)20-16-13(15(17)22)8-11-3-2-4-14(11)21-16/h5-6,8-10H,2-4,7H2,1H3,(H2,17,22)(H,20,21). The minimum atomic E-state index is -0.448. The van der Waals surface area contributed by atoms with E-state index in [0.29, 0.717) is 17.8 Å². The van der Waals surface area contributed by atoms with Crippen LogP contribution in [-0.4, -0.2) is 26.9 Å². The molecule has 2 heterocycles. The van der Waals surface area contributed by atoms with Crippen molar-refractivity contribution in [2.45, 2.75) is 38.6 Å². The molecule has 0 saturated heterocycles. The van der Waals surface area contributed by atoms with Crippen molar-refractivity contribution in [3.05, 3.63) is 47.2 Å². The highest BCUT2D eigenvalue weighted by Gasteiger charge is 2.20. The summed E-state index contributed by atoms with van der Waals surface area (Å²) in [5.41, 5.74) is 9.06. The molecule has 0 fully saturated rings. The summed E-state index contributed by atoms with van der Waals surface area (Å²) in [6, 6.07) is 1.96. The van der Waals surface area contributed by atoms with Crippen LogP contribution in [0.4, 0.5) is 5.82 Å². The second-order valence-electron chi connectivity index (χ2n) is 5.65. The summed E-state index contributed by atoms with van der Waals surface area (Å²) < 4.78 is 0. The first-order valence-corrected chi connectivity index (χ1v) is 7.47. The van der Waals surface area contributed by atoms with Crippen LogP contribution in [0.25, 0.3) is 0 Å². The van der Waals surface area contributed by atoms with Crippen molar-refractivity contribution in [3.63, 3.8) is 0 Å². The van der Waals surface area contributed by atoms with Crippen molar-refractivity contribution in [1.82, 2.24) is 15.0 Å². The van der Waals surface area contributed by atoms with Crippen LogP contribution in [0.1, 0.15) is 40.7 Å². The van der Waals surface area contributed by atoms with E-state index in [9.17, 15) is 4.79 Å². The molecule has 0 radical (unpaired) electrons. The predicted molar refractivity (Wildman–Crippen MR) is 83.6 cm³/mol. The summed E-state index contributed by atoms with van der Waals surface area (Å²) in [7, 11) is 0. The molecule has 2 aromatic rings. The number of aromatic nitrogens is 3. The molecule has 1 amide bonds. The Morgan fingerprint density at radius 3 is 3.00 bits per heavy atom. The van der Waals surface area contributed by atoms with E-state index in [1.54, 1.807) is 18.6 Å². The molecule has 0 aromatic carbocycles. The van der Waals surface area contributed by atoms with Crippen molar-refractivity contribution in [2.75, 3.05) is 5.32 Å². The minimum absolute atomic E-state index is 0.0711. The molecule has 6 nitrogen and oxygen atoms in total. The van der Waals surface area contributed by atoms with Crippen LogP contribution >= 0.6 is 0 Å². The molecule has 6 heteroatoms. The van der Waals surface area contributed by atoms with Crippen LogP contribution < -0.4 is 11.1 Å². The van der Waals surface area contributed by atoms with E-state index in [4.69, 9.17) is 5.73 Å². The third kappa shape index (κ3) is 3.05. The van der Waals surface area contributed by atoms with Gasteiger partial charge in [-0.15, -0.1) is 0 Å². The summed E-state index contributed by atoms with van der Waals surface area (Å²) in [6.07, 6.45) is 8.77. The van der Waals surface area contributed by atoms with Crippen molar-refractivity contribution in [1.29, 1.82) is 0 Å². The maximum absolute atomic E-state index is 11.7. The molecule has 0 spiro atoms. The van der Waals surface area contributed by atoms with Gasteiger partial charge in [-0.05, 0) is 37.8 Å². The molecule has 0 saturated carbocycles. The lowest BCUT2D eigenvalue weighted by molar-refractivity contribution is 0.100. The van der Waals surface area contributed by atoms with Gasteiger partial charge in [0.1, 0.15) is 5.82 Å². The zero-order valence-corrected chi connectivity index (χ0v) is 12.5. The Morgan fingerprint density at radius 2 is 2.27 bits per heavy atom. The van der Waals surface area contributed by atoms with E-state index in [1.807, 2.05) is 13.0 Å². The topological polar surface area (TPSA) is 93.8 Å². The lowest BCUT2D eigenvalue weighted by Gasteiger charge is -2.17. The number of amides is 1. The van der Waals surface area contributed by atoms with Gasteiger partial charge in [0.05, 0.1) is 11.3 Å². The summed E-state index contributed by atoms with van der Waals surface area (Å²) in [5.74, 6) is 0.126. The number of hydrogen-bond donors (Lipinski definition) is 2. The highest BCUT2D eigenvalue weighted by molar-refractivity contribution is 5.97. The van der Waals surface area contributed by atoms with Gasteiger partial charge in [-0.3, -0.25) is 14.8 Å². The Labute approximate surface area is 129 Å². The van der Waals surface area contributed by atoms with E-state index < -0.39 is 5.91 Å². The molecule has 22 heavy (non-hydrogen) atoms. The first-order valence-electron chi connectivity index (χ1n) is 7.47. The first-order chi connectivity index (χ1) is 10.6. The van der Waals surface area contributed by atoms with E-state index in [2.05, 4.69) is 20.3 Å². The molecule has 0 aliphatic heterocycles. The molecule has 3 N–H and O–H groups in total. The number of fused-ring (bicyclic) bond motifs is 1. The third-order valence-corrected chi connectivity index (χ3v) is 3.83. The Morgan fingerprint density at radius 1 is 1.41 bits per heavy atom. The predicted octanol–water partition coefficient (Wildman–Crippen LogP) is 1.50. The smallest absolute Gasteiger partial charge is 0.252 e. The van der Waals surface area contributed by atoms with E-state index in [-0.39, 0.29) is 6.04 Å². The Kier molecular flexibility index (Phi) is 4.00. The maximum atomic E-state index is 11.7. The minimum Gasteiger partial charge on any atom is -0.367 e. The van der Waals surface area contributed by atoms with Gasteiger partial charge in [0.15, 0.2) is 0 Å². The fourth-order valence-electron chi connectivity index (χ4n) is 2.80. The largest absolute Gasteiger partial charge is 0.367 e. The number of carbonyl (C=O) groups is 1. The average Bonchev–Trinajstić information content (AvgIpc) is 2.94. The highest BCUT2D eigenvalue weighted by Crippen LogP contribution is 2.25. The van der Waals surface area contributed by atoms with Crippen molar-refractivity contribution >= 4 is 11.7 Å². The molecule has 0 bridgehead atoms. The number of rotatable bonds is 5. The van der Waals surface area contributed by atoms with Crippen LogP contribution in [0, 0.1) is 0 Å². The second kappa shape index (κ2) is 6.09. The van der Waals surface area contributed by atoms with Crippen molar-refractivity contribution in [3.8, 4) is 0 Å². The molecule has 3 rings (SSSR count). The normalized spacial score (nSPS) is 14.4. The van der Waals surface area contributed by atoms with Gasteiger partial charge in [0, 0.05) is 36.7 Å². The summed E-state index contributed by atoms with van der Waals surface area (Å²) in [4.78, 5) is 24.6. The summed E-state index contributed by atoms with van der Waals surface area (Å²) >= 11 is 0. The van der Waals surface area contributed by atoms with Gasteiger partial charge in [0.2, 0.25) is 0 Å². The second-order valence-corrected chi connectivity index (χ2v) is 5.65. The van der Waals surface area contributed by atoms with Crippen LogP contribution in [-0.2, 0) is 19.3 Å². The van der Waals surface area contributed by atoms with Crippen molar-refractivity contribution in [2.24, 2.45) is 5.73 Å². The molecule has 1 unspecified atom stereocenters. The number of hydrogen-bond acceptors (Lipinski definition) is 5. The Hall–Kier alpha value is -2.50. The number of anilines is 1. The molecule has 1 aliphatic carbocycles. The van der Waals surface area contributed by atoms with E-state index >= 15 is 0 Å². The first kappa shape index (κ1) is 14.4. The van der Waals surface area contributed by atoms with Gasteiger partial charge in [-0.1, -0.05) is 0 Å². The van der Waals surface area contributed by atoms with Crippen LogP contribution in [0.5, 0.6) is 0 Å². The quantitative estimate of drug-likeness (QED) is 0.872. The fourth-order valence-corrected chi connectivity index (χ4v) is 2.80. The van der Waals surface area contributed by atoms with Crippen molar-refractivity contribution < 1.29 is 4.79 Å². The fraction of sp³-hybridized carbons (Fsp3) is 0.375. The molecule has 1 atom stereocenters.